The maximum atomic E-state index is 12.0. The molecule has 0 bridgehead atoms. The number of sulfonamides is 1. The second-order valence-electron chi connectivity index (χ2n) is 4.01. The maximum absolute atomic E-state index is 12.0. The van der Waals surface area contributed by atoms with Crippen LogP contribution in [0.25, 0.3) is 0 Å². The molecule has 0 aliphatic rings. The monoisotopic (exact) mass is 334 g/mol. The third-order valence-corrected chi connectivity index (χ3v) is 4.75. The molecule has 1 heterocycles. The van der Waals surface area contributed by atoms with Crippen molar-refractivity contribution >= 4 is 33.2 Å². The van der Waals surface area contributed by atoms with Crippen molar-refractivity contribution in [2.75, 3.05) is 6.54 Å². The number of aromatic amines is 1. The van der Waals surface area contributed by atoms with Gasteiger partial charge in [0.1, 0.15) is 12.2 Å². The largest absolute Gasteiger partial charge is 0.263 e. The van der Waals surface area contributed by atoms with E-state index in [1.165, 1.54) is 24.5 Å². The molecule has 2 N–H and O–H groups in total. The molecule has 0 aliphatic heterocycles. The zero-order valence-electron chi connectivity index (χ0n) is 10.3. The van der Waals surface area contributed by atoms with Crippen LogP contribution in [-0.4, -0.2) is 30.1 Å². The van der Waals surface area contributed by atoms with Crippen LogP contribution in [0.1, 0.15) is 12.2 Å². The van der Waals surface area contributed by atoms with E-state index in [-0.39, 0.29) is 9.92 Å². The summed E-state index contributed by atoms with van der Waals surface area (Å²) >= 11 is 11.6. The Bertz CT molecular complexity index is 674. The third-order valence-electron chi connectivity index (χ3n) is 2.55. The van der Waals surface area contributed by atoms with Gasteiger partial charge >= 0.3 is 0 Å². The number of benzene rings is 1. The minimum absolute atomic E-state index is 0.0894. The van der Waals surface area contributed by atoms with Crippen molar-refractivity contribution in [1.29, 1.82) is 0 Å². The quantitative estimate of drug-likeness (QED) is 0.791. The lowest BCUT2D eigenvalue weighted by atomic mass is 10.3. The SMILES string of the molecule is O=S(=O)(NCCCc1ncn[nH]1)c1ccc(Cl)c(Cl)c1. The van der Waals surface area contributed by atoms with E-state index in [4.69, 9.17) is 23.2 Å². The van der Waals surface area contributed by atoms with Gasteiger partial charge in [0.2, 0.25) is 10.0 Å². The molecule has 0 saturated carbocycles. The van der Waals surface area contributed by atoms with Gasteiger partial charge in [-0.15, -0.1) is 0 Å². The molecular formula is C11H12Cl2N4O2S. The summed E-state index contributed by atoms with van der Waals surface area (Å²) in [5, 5.41) is 6.94. The highest BCUT2D eigenvalue weighted by atomic mass is 35.5. The number of aryl methyl sites for hydroxylation is 1. The first-order valence-electron chi connectivity index (χ1n) is 5.78. The summed E-state index contributed by atoms with van der Waals surface area (Å²) in [5.41, 5.74) is 0. The molecule has 0 unspecified atom stereocenters. The molecule has 0 aliphatic carbocycles. The van der Waals surface area contributed by atoms with Crippen molar-refractivity contribution in [3.8, 4) is 0 Å². The topological polar surface area (TPSA) is 87.7 Å². The summed E-state index contributed by atoms with van der Waals surface area (Å²) in [7, 11) is -3.58. The minimum atomic E-state index is -3.58. The Morgan fingerprint density at radius 2 is 2.05 bits per heavy atom. The smallest absolute Gasteiger partial charge is 0.240 e. The molecular weight excluding hydrogens is 323 g/mol. The number of hydrogen-bond acceptors (Lipinski definition) is 4. The van der Waals surface area contributed by atoms with Gasteiger partial charge in [0, 0.05) is 13.0 Å². The van der Waals surface area contributed by atoms with Gasteiger partial charge in [0.15, 0.2) is 0 Å². The van der Waals surface area contributed by atoms with Crippen molar-refractivity contribution in [3.63, 3.8) is 0 Å². The van der Waals surface area contributed by atoms with Gasteiger partial charge in [-0.05, 0) is 24.6 Å². The second kappa shape index (κ2) is 6.53. The second-order valence-corrected chi connectivity index (χ2v) is 6.59. The molecule has 6 nitrogen and oxygen atoms in total. The number of hydrogen-bond donors (Lipinski definition) is 2. The first kappa shape index (κ1) is 15.2. The molecule has 0 radical (unpaired) electrons. The van der Waals surface area contributed by atoms with Crippen LogP contribution in [0.4, 0.5) is 0 Å². The van der Waals surface area contributed by atoms with Crippen molar-refractivity contribution < 1.29 is 8.42 Å². The van der Waals surface area contributed by atoms with Crippen LogP contribution in [0.3, 0.4) is 0 Å². The average Bonchev–Trinajstić information content (AvgIpc) is 2.91. The van der Waals surface area contributed by atoms with Crippen molar-refractivity contribution in [2.45, 2.75) is 17.7 Å². The summed E-state index contributed by atoms with van der Waals surface area (Å²) in [6.45, 7) is 0.295. The predicted octanol–water partition coefficient (Wildman–Crippen LogP) is 2.02. The minimum Gasteiger partial charge on any atom is -0.263 e. The van der Waals surface area contributed by atoms with Crippen LogP contribution in [-0.2, 0) is 16.4 Å². The molecule has 0 spiro atoms. The Hall–Kier alpha value is -1.15. The molecule has 1 aromatic heterocycles. The van der Waals surface area contributed by atoms with Gasteiger partial charge in [-0.25, -0.2) is 18.1 Å². The van der Waals surface area contributed by atoms with Gasteiger partial charge in [-0.2, -0.15) is 5.10 Å². The van der Waals surface area contributed by atoms with E-state index in [0.717, 1.165) is 5.82 Å². The number of nitrogens with one attached hydrogen (secondary N) is 2. The highest BCUT2D eigenvalue weighted by molar-refractivity contribution is 7.89. The molecule has 2 aromatic rings. The first-order chi connectivity index (χ1) is 9.49. The fraction of sp³-hybridized carbons (Fsp3) is 0.273. The van der Waals surface area contributed by atoms with Crippen molar-refractivity contribution in [2.24, 2.45) is 0 Å². The lowest BCUT2D eigenvalue weighted by Crippen LogP contribution is -2.25. The first-order valence-corrected chi connectivity index (χ1v) is 8.02. The van der Waals surface area contributed by atoms with E-state index in [1.54, 1.807) is 0 Å². The molecule has 0 saturated heterocycles. The molecule has 9 heteroatoms. The predicted molar refractivity (Wildman–Crippen MR) is 76.4 cm³/mol. The standard InChI is InChI=1S/C11H12Cl2N4O2S/c12-9-4-3-8(6-10(9)13)20(18,19)16-5-1-2-11-14-7-15-17-11/h3-4,6-7,16H,1-2,5H2,(H,14,15,17). The van der Waals surface area contributed by atoms with Gasteiger partial charge in [0.05, 0.1) is 14.9 Å². The van der Waals surface area contributed by atoms with Gasteiger partial charge in [0.25, 0.3) is 0 Å². The van der Waals surface area contributed by atoms with E-state index in [1.807, 2.05) is 0 Å². The van der Waals surface area contributed by atoms with Crippen LogP contribution in [0.15, 0.2) is 29.4 Å². The third kappa shape index (κ3) is 3.92. The van der Waals surface area contributed by atoms with Crippen LogP contribution in [0.2, 0.25) is 10.0 Å². The zero-order valence-corrected chi connectivity index (χ0v) is 12.6. The number of H-pyrrole nitrogens is 1. The number of aromatic nitrogens is 3. The molecule has 2 rings (SSSR count). The molecule has 0 fully saturated rings. The fourth-order valence-electron chi connectivity index (χ4n) is 1.54. The van der Waals surface area contributed by atoms with E-state index < -0.39 is 10.0 Å². The Morgan fingerprint density at radius 3 is 2.70 bits per heavy atom. The summed E-state index contributed by atoms with van der Waals surface area (Å²) < 4.78 is 26.5. The summed E-state index contributed by atoms with van der Waals surface area (Å²) in [4.78, 5) is 4.04. The zero-order chi connectivity index (χ0) is 14.6. The fourth-order valence-corrected chi connectivity index (χ4v) is 3.00. The Morgan fingerprint density at radius 1 is 1.25 bits per heavy atom. The van der Waals surface area contributed by atoms with Crippen LogP contribution < -0.4 is 4.72 Å². The van der Waals surface area contributed by atoms with Crippen LogP contribution >= 0.6 is 23.2 Å². The average molecular weight is 335 g/mol. The van der Waals surface area contributed by atoms with E-state index in [0.29, 0.717) is 24.4 Å². The summed E-state index contributed by atoms with van der Waals surface area (Å²) in [5.74, 6) is 0.721. The van der Waals surface area contributed by atoms with E-state index >= 15 is 0 Å². The summed E-state index contributed by atoms with van der Waals surface area (Å²) in [6, 6.07) is 4.18. The van der Waals surface area contributed by atoms with Gasteiger partial charge in [-0.1, -0.05) is 23.2 Å². The van der Waals surface area contributed by atoms with E-state index in [2.05, 4.69) is 19.9 Å². The van der Waals surface area contributed by atoms with Gasteiger partial charge in [-0.3, -0.25) is 5.10 Å². The molecule has 108 valence electrons. The Balaban J connectivity index is 1.92. The Labute approximate surface area is 126 Å². The highest BCUT2D eigenvalue weighted by Gasteiger charge is 2.14. The van der Waals surface area contributed by atoms with Crippen LogP contribution in [0.5, 0.6) is 0 Å². The van der Waals surface area contributed by atoms with Gasteiger partial charge < -0.3 is 0 Å². The molecule has 1 aromatic carbocycles. The molecule has 0 amide bonds. The number of nitrogens with zero attached hydrogens (tertiary/aromatic N) is 2. The molecule has 0 atom stereocenters. The normalized spacial score (nSPS) is 11.7. The lowest BCUT2D eigenvalue weighted by Gasteiger charge is -2.07. The Kier molecular flexibility index (Phi) is 4.98. The lowest BCUT2D eigenvalue weighted by molar-refractivity contribution is 0.578. The van der Waals surface area contributed by atoms with Crippen molar-refractivity contribution in [3.05, 3.63) is 40.4 Å². The highest BCUT2D eigenvalue weighted by Crippen LogP contribution is 2.24. The van der Waals surface area contributed by atoms with E-state index in [9.17, 15) is 8.42 Å². The number of halogens is 2. The van der Waals surface area contributed by atoms with Crippen molar-refractivity contribution in [1.82, 2.24) is 19.9 Å². The number of rotatable bonds is 6. The van der Waals surface area contributed by atoms with Crippen LogP contribution in [0, 0.1) is 0 Å². The summed E-state index contributed by atoms with van der Waals surface area (Å²) in [6.07, 6.45) is 2.63. The molecule has 20 heavy (non-hydrogen) atoms. The maximum Gasteiger partial charge on any atom is 0.240 e.